The number of ether oxygens (including phenoxy) is 1. The van der Waals surface area contributed by atoms with Gasteiger partial charge in [-0.3, -0.25) is 0 Å². The van der Waals surface area contributed by atoms with Crippen molar-refractivity contribution in [1.29, 1.82) is 0 Å². The van der Waals surface area contributed by atoms with Crippen LogP contribution in [-0.2, 0) is 6.54 Å². The Morgan fingerprint density at radius 1 is 1.18 bits per heavy atom. The molecule has 0 aliphatic rings. The quantitative estimate of drug-likeness (QED) is 0.806. The third kappa shape index (κ3) is 3.91. The first-order valence-corrected chi connectivity index (χ1v) is 5.81. The van der Waals surface area contributed by atoms with Gasteiger partial charge in [-0.05, 0) is 25.7 Å². The van der Waals surface area contributed by atoms with E-state index < -0.39 is 0 Å². The Morgan fingerprint density at radius 3 is 2.41 bits per heavy atom. The van der Waals surface area contributed by atoms with E-state index in [-0.39, 0.29) is 0 Å². The van der Waals surface area contributed by atoms with Gasteiger partial charge in [0.1, 0.15) is 5.75 Å². The third-order valence-electron chi connectivity index (χ3n) is 2.81. The molecule has 2 N–H and O–H groups in total. The van der Waals surface area contributed by atoms with E-state index in [9.17, 15) is 0 Å². The highest BCUT2D eigenvalue weighted by Crippen LogP contribution is 2.24. The summed E-state index contributed by atoms with van der Waals surface area (Å²) in [6.45, 7) is 2.52. The zero-order valence-corrected chi connectivity index (χ0v) is 11.2. The second kappa shape index (κ2) is 6.47. The van der Waals surface area contributed by atoms with Crippen LogP contribution in [0.5, 0.6) is 5.75 Å². The van der Waals surface area contributed by atoms with Crippen LogP contribution < -0.4 is 15.4 Å². The van der Waals surface area contributed by atoms with Crippen molar-refractivity contribution in [2.45, 2.75) is 6.54 Å². The summed E-state index contributed by atoms with van der Waals surface area (Å²) in [7, 11) is 7.91. The van der Waals surface area contributed by atoms with Crippen molar-refractivity contribution >= 4 is 5.69 Å². The SMILES string of the molecule is COc1ccc(CN)c(N(C)CCN(C)C)c1. The molecule has 4 heteroatoms. The maximum Gasteiger partial charge on any atom is 0.120 e. The van der Waals surface area contributed by atoms with Gasteiger partial charge < -0.3 is 20.3 Å². The summed E-state index contributed by atoms with van der Waals surface area (Å²) < 4.78 is 5.25. The van der Waals surface area contributed by atoms with Gasteiger partial charge >= 0.3 is 0 Å². The van der Waals surface area contributed by atoms with Crippen LogP contribution in [0.4, 0.5) is 5.69 Å². The number of hydrogen-bond donors (Lipinski definition) is 1. The van der Waals surface area contributed by atoms with Gasteiger partial charge in [-0.1, -0.05) is 6.07 Å². The first kappa shape index (κ1) is 13.8. The first-order chi connectivity index (χ1) is 8.08. The molecule has 1 rings (SSSR count). The molecule has 0 saturated heterocycles. The lowest BCUT2D eigenvalue weighted by atomic mass is 10.1. The standard InChI is InChI=1S/C13H23N3O/c1-15(2)7-8-16(3)13-9-12(17-4)6-5-11(13)10-14/h5-6,9H,7-8,10,14H2,1-4H3. The maximum atomic E-state index is 5.76. The minimum atomic E-state index is 0.547. The molecule has 0 fully saturated rings. The molecule has 1 aromatic carbocycles. The molecule has 0 atom stereocenters. The van der Waals surface area contributed by atoms with Crippen molar-refractivity contribution in [3.63, 3.8) is 0 Å². The fourth-order valence-electron chi connectivity index (χ4n) is 1.67. The molecule has 17 heavy (non-hydrogen) atoms. The largest absolute Gasteiger partial charge is 0.497 e. The number of hydrogen-bond acceptors (Lipinski definition) is 4. The number of likely N-dealkylation sites (N-methyl/N-ethyl adjacent to an activating group) is 2. The average Bonchev–Trinajstić information content (AvgIpc) is 2.34. The van der Waals surface area contributed by atoms with Crippen molar-refractivity contribution < 1.29 is 4.74 Å². The molecule has 4 nitrogen and oxygen atoms in total. The number of benzene rings is 1. The van der Waals surface area contributed by atoms with Gasteiger partial charge in [0, 0.05) is 38.4 Å². The number of nitrogens with zero attached hydrogens (tertiary/aromatic N) is 2. The molecule has 0 aliphatic carbocycles. The highest BCUT2D eigenvalue weighted by molar-refractivity contribution is 5.56. The lowest BCUT2D eigenvalue weighted by molar-refractivity contribution is 0.412. The summed E-state index contributed by atoms with van der Waals surface area (Å²) in [5.41, 5.74) is 8.05. The molecule has 0 heterocycles. The molecule has 0 amide bonds. The van der Waals surface area contributed by atoms with Crippen molar-refractivity contribution in [3.8, 4) is 5.75 Å². The third-order valence-corrected chi connectivity index (χ3v) is 2.81. The highest BCUT2D eigenvalue weighted by atomic mass is 16.5. The molecule has 0 unspecified atom stereocenters. The summed E-state index contributed by atoms with van der Waals surface area (Å²) in [6.07, 6.45) is 0. The Hall–Kier alpha value is -1.26. The van der Waals surface area contributed by atoms with Gasteiger partial charge in [0.25, 0.3) is 0 Å². The van der Waals surface area contributed by atoms with E-state index in [0.29, 0.717) is 6.54 Å². The summed E-state index contributed by atoms with van der Waals surface area (Å²) >= 11 is 0. The maximum absolute atomic E-state index is 5.76. The molecule has 0 aromatic heterocycles. The molecule has 1 aromatic rings. The van der Waals surface area contributed by atoms with Gasteiger partial charge in [0.15, 0.2) is 0 Å². The fraction of sp³-hybridized carbons (Fsp3) is 0.538. The zero-order valence-electron chi connectivity index (χ0n) is 11.2. The van der Waals surface area contributed by atoms with Crippen LogP contribution in [0.15, 0.2) is 18.2 Å². The molecule has 0 aliphatic heterocycles. The van der Waals surface area contributed by atoms with Crippen molar-refractivity contribution in [1.82, 2.24) is 4.90 Å². The Bertz CT molecular complexity index is 353. The second-order valence-corrected chi connectivity index (χ2v) is 4.42. The summed E-state index contributed by atoms with van der Waals surface area (Å²) in [5, 5.41) is 0. The van der Waals surface area contributed by atoms with Crippen LogP contribution in [-0.4, -0.2) is 46.2 Å². The van der Waals surface area contributed by atoms with E-state index in [0.717, 1.165) is 30.1 Å². The molecule has 0 spiro atoms. The van der Waals surface area contributed by atoms with E-state index in [1.807, 2.05) is 18.2 Å². The molecule has 0 bridgehead atoms. The molecule has 96 valence electrons. The number of rotatable bonds is 6. The van der Waals surface area contributed by atoms with Crippen LogP contribution in [0.25, 0.3) is 0 Å². The Morgan fingerprint density at radius 2 is 1.88 bits per heavy atom. The Labute approximate surface area is 104 Å². The van der Waals surface area contributed by atoms with Gasteiger partial charge in [-0.15, -0.1) is 0 Å². The van der Waals surface area contributed by atoms with E-state index in [4.69, 9.17) is 10.5 Å². The van der Waals surface area contributed by atoms with E-state index in [2.05, 4.69) is 30.9 Å². The monoisotopic (exact) mass is 237 g/mol. The van der Waals surface area contributed by atoms with Crippen molar-refractivity contribution in [2.75, 3.05) is 46.2 Å². The highest BCUT2D eigenvalue weighted by Gasteiger charge is 2.08. The van der Waals surface area contributed by atoms with Crippen LogP contribution in [0.1, 0.15) is 5.56 Å². The molecular weight excluding hydrogens is 214 g/mol. The van der Waals surface area contributed by atoms with Gasteiger partial charge in [-0.25, -0.2) is 0 Å². The smallest absolute Gasteiger partial charge is 0.120 e. The predicted octanol–water partition coefficient (Wildman–Crippen LogP) is 1.15. The number of nitrogens with two attached hydrogens (primary N) is 1. The fourth-order valence-corrected chi connectivity index (χ4v) is 1.67. The Kier molecular flexibility index (Phi) is 5.25. The molecular formula is C13H23N3O. The van der Waals surface area contributed by atoms with Crippen LogP contribution in [0, 0.1) is 0 Å². The predicted molar refractivity (Wildman–Crippen MR) is 72.7 cm³/mol. The topological polar surface area (TPSA) is 41.7 Å². The van der Waals surface area contributed by atoms with E-state index in [1.165, 1.54) is 0 Å². The lowest BCUT2D eigenvalue weighted by Crippen LogP contribution is -2.29. The van der Waals surface area contributed by atoms with Crippen LogP contribution in [0.3, 0.4) is 0 Å². The average molecular weight is 237 g/mol. The van der Waals surface area contributed by atoms with Crippen LogP contribution >= 0.6 is 0 Å². The van der Waals surface area contributed by atoms with Gasteiger partial charge in [0.2, 0.25) is 0 Å². The Balaban J connectivity index is 2.85. The zero-order chi connectivity index (χ0) is 12.8. The summed E-state index contributed by atoms with van der Waals surface area (Å²) in [5.74, 6) is 0.869. The van der Waals surface area contributed by atoms with Gasteiger partial charge in [-0.2, -0.15) is 0 Å². The van der Waals surface area contributed by atoms with E-state index in [1.54, 1.807) is 7.11 Å². The summed E-state index contributed by atoms with van der Waals surface area (Å²) in [6, 6.07) is 6.02. The van der Waals surface area contributed by atoms with E-state index >= 15 is 0 Å². The molecule has 0 saturated carbocycles. The van der Waals surface area contributed by atoms with Crippen molar-refractivity contribution in [3.05, 3.63) is 23.8 Å². The van der Waals surface area contributed by atoms with Crippen LogP contribution in [0.2, 0.25) is 0 Å². The number of anilines is 1. The van der Waals surface area contributed by atoms with Crippen molar-refractivity contribution in [2.24, 2.45) is 5.73 Å². The minimum absolute atomic E-state index is 0.547. The number of methoxy groups -OCH3 is 1. The normalized spacial score (nSPS) is 10.7. The summed E-state index contributed by atoms with van der Waals surface area (Å²) in [4.78, 5) is 4.38. The molecule has 0 radical (unpaired) electrons. The second-order valence-electron chi connectivity index (χ2n) is 4.42. The lowest BCUT2D eigenvalue weighted by Gasteiger charge is -2.24. The van der Waals surface area contributed by atoms with Gasteiger partial charge in [0.05, 0.1) is 7.11 Å². The first-order valence-electron chi connectivity index (χ1n) is 5.81. The minimum Gasteiger partial charge on any atom is -0.497 e.